The fraction of sp³-hybridized carbons (Fsp3) is 0.222. The number of aryl methyl sites for hydroxylation is 1. The Hall–Kier alpha value is -3.24. The van der Waals surface area contributed by atoms with Crippen LogP contribution in [0.15, 0.2) is 84.1 Å². The van der Waals surface area contributed by atoms with Crippen molar-refractivity contribution in [2.45, 2.75) is 25.8 Å². The van der Waals surface area contributed by atoms with Gasteiger partial charge in [-0.3, -0.25) is 4.79 Å². The molecule has 0 saturated heterocycles. The van der Waals surface area contributed by atoms with Crippen molar-refractivity contribution >= 4 is 28.9 Å². The molecule has 3 aromatic rings. The lowest BCUT2D eigenvalue weighted by Crippen LogP contribution is -2.40. The standard InChI is InChI=1S/C27H25ClN2O2/c1-18-6-10-21(11-7-18)29-15-14-24-26(29)17-25(19-4-3-5-23(16-19)32-2)30(27(24)31)22-12-8-20(28)9-13-22/h3-13,16,25H,14-15,17H2,1-2H3. The fourth-order valence-corrected chi connectivity index (χ4v) is 4.84. The Morgan fingerprint density at radius 1 is 0.969 bits per heavy atom. The van der Waals surface area contributed by atoms with Gasteiger partial charge in [0.1, 0.15) is 5.75 Å². The van der Waals surface area contributed by atoms with E-state index in [1.54, 1.807) is 7.11 Å². The number of halogens is 1. The van der Waals surface area contributed by atoms with Crippen LogP contribution in [-0.4, -0.2) is 19.6 Å². The minimum Gasteiger partial charge on any atom is -0.497 e. The largest absolute Gasteiger partial charge is 0.497 e. The van der Waals surface area contributed by atoms with E-state index in [-0.39, 0.29) is 11.9 Å². The van der Waals surface area contributed by atoms with Gasteiger partial charge in [-0.1, -0.05) is 41.4 Å². The van der Waals surface area contributed by atoms with Gasteiger partial charge in [0.2, 0.25) is 0 Å². The van der Waals surface area contributed by atoms with Crippen molar-refractivity contribution in [2.24, 2.45) is 0 Å². The maximum Gasteiger partial charge on any atom is 0.256 e. The number of amides is 1. The van der Waals surface area contributed by atoms with Crippen LogP contribution >= 0.6 is 11.6 Å². The van der Waals surface area contributed by atoms with Crippen molar-refractivity contribution in [3.05, 3.63) is 100 Å². The first-order valence-corrected chi connectivity index (χ1v) is 11.2. The minimum absolute atomic E-state index is 0.0657. The smallest absolute Gasteiger partial charge is 0.256 e. The predicted molar refractivity (Wildman–Crippen MR) is 129 cm³/mol. The van der Waals surface area contributed by atoms with Crippen LogP contribution < -0.4 is 14.5 Å². The zero-order valence-corrected chi connectivity index (χ0v) is 19.0. The van der Waals surface area contributed by atoms with Gasteiger partial charge in [-0.15, -0.1) is 0 Å². The van der Waals surface area contributed by atoms with Crippen molar-refractivity contribution < 1.29 is 9.53 Å². The highest BCUT2D eigenvalue weighted by Gasteiger charge is 2.41. The number of anilines is 2. The molecule has 5 rings (SSSR count). The molecule has 1 amide bonds. The van der Waals surface area contributed by atoms with Gasteiger partial charge in [0, 0.05) is 40.6 Å². The summed E-state index contributed by atoms with van der Waals surface area (Å²) in [5, 5.41) is 0.655. The average Bonchev–Trinajstić information content (AvgIpc) is 3.25. The molecule has 5 heteroatoms. The fourth-order valence-electron chi connectivity index (χ4n) is 4.72. The molecule has 2 aliphatic rings. The first-order valence-electron chi connectivity index (χ1n) is 10.8. The van der Waals surface area contributed by atoms with Crippen LogP contribution in [-0.2, 0) is 4.79 Å². The third kappa shape index (κ3) is 3.65. The van der Waals surface area contributed by atoms with E-state index in [0.717, 1.165) is 53.3 Å². The van der Waals surface area contributed by atoms with E-state index in [4.69, 9.17) is 16.3 Å². The number of nitrogens with zero attached hydrogens (tertiary/aromatic N) is 2. The second-order valence-corrected chi connectivity index (χ2v) is 8.75. The number of hydrogen-bond acceptors (Lipinski definition) is 3. The van der Waals surface area contributed by atoms with Gasteiger partial charge >= 0.3 is 0 Å². The number of carbonyl (C=O) groups excluding carboxylic acids is 1. The van der Waals surface area contributed by atoms with Crippen LogP contribution in [0.2, 0.25) is 5.02 Å². The number of carbonyl (C=O) groups is 1. The molecule has 1 atom stereocenters. The Labute approximate surface area is 193 Å². The quantitative estimate of drug-likeness (QED) is 0.473. The summed E-state index contributed by atoms with van der Waals surface area (Å²) < 4.78 is 5.47. The van der Waals surface area contributed by atoms with Crippen LogP contribution in [0.1, 0.15) is 30.0 Å². The van der Waals surface area contributed by atoms with E-state index in [1.165, 1.54) is 5.56 Å². The summed E-state index contributed by atoms with van der Waals surface area (Å²) in [4.78, 5) is 18.1. The molecule has 1 unspecified atom stereocenters. The molecule has 0 fully saturated rings. The van der Waals surface area contributed by atoms with E-state index in [0.29, 0.717) is 5.02 Å². The van der Waals surface area contributed by atoms with Crippen molar-refractivity contribution in [1.82, 2.24) is 0 Å². The lowest BCUT2D eigenvalue weighted by Gasteiger charge is -2.38. The Balaban J connectivity index is 1.60. The number of ether oxygens (including phenoxy) is 1. The second-order valence-electron chi connectivity index (χ2n) is 8.31. The molecule has 0 radical (unpaired) electrons. The summed E-state index contributed by atoms with van der Waals surface area (Å²) in [6.45, 7) is 2.91. The SMILES string of the molecule is COc1cccc(C2CC3=C(CCN3c3ccc(C)cc3)C(=O)N2c2ccc(Cl)cc2)c1. The first-order chi connectivity index (χ1) is 15.5. The average molecular weight is 445 g/mol. The highest BCUT2D eigenvalue weighted by molar-refractivity contribution is 6.30. The second kappa shape index (κ2) is 8.36. The van der Waals surface area contributed by atoms with Gasteiger partial charge in [-0.05, 0) is 67.4 Å². The van der Waals surface area contributed by atoms with Gasteiger partial charge in [0.25, 0.3) is 5.91 Å². The van der Waals surface area contributed by atoms with E-state index in [2.05, 4.69) is 42.2 Å². The van der Waals surface area contributed by atoms with Crippen LogP contribution in [0, 0.1) is 6.92 Å². The molecule has 0 saturated carbocycles. The predicted octanol–water partition coefficient (Wildman–Crippen LogP) is 6.30. The number of methoxy groups -OCH3 is 1. The van der Waals surface area contributed by atoms with Gasteiger partial charge in [0.05, 0.1) is 13.2 Å². The molecule has 32 heavy (non-hydrogen) atoms. The van der Waals surface area contributed by atoms with E-state index in [9.17, 15) is 4.79 Å². The summed E-state index contributed by atoms with van der Waals surface area (Å²) in [5.41, 5.74) is 6.29. The van der Waals surface area contributed by atoms with E-state index < -0.39 is 0 Å². The van der Waals surface area contributed by atoms with Gasteiger partial charge in [-0.25, -0.2) is 0 Å². The van der Waals surface area contributed by atoms with Crippen LogP contribution in [0.25, 0.3) is 0 Å². The minimum atomic E-state index is -0.136. The molecular weight excluding hydrogens is 420 g/mol. The van der Waals surface area contributed by atoms with Crippen molar-refractivity contribution in [2.75, 3.05) is 23.5 Å². The maximum atomic E-state index is 13.8. The maximum absolute atomic E-state index is 13.8. The third-order valence-corrected chi connectivity index (χ3v) is 6.62. The van der Waals surface area contributed by atoms with E-state index >= 15 is 0 Å². The topological polar surface area (TPSA) is 32.8 Å². The van der Waals surface area contributed by atoms with Crippen molar-refractivity contribution in [1.29, 1.82) is 0 Å². The highest BCUT2D eigenvalue weighted by Crippen LogP contribution is 2.44. The monoisotopic (exact) mass is 444 g/mol. The molecule has 2 heterocycles. The normalized spacial score (nSPS) is 18.2. The van der Waals surface area contributed by atoms with Crippen LogP contribution in [0.4, 0.5) is 11.4 Å². The number of rotatable bonds is 4. The summed E-state index contributed by atoms with van der Waals surface area (Å²) in [6.07, 6.45) is 1.49. The number of benzene rings is 3. The van der Waals surface area contributed by atoms with Gasteiger partial charge in [-0.2, -0.15) is 0 Å². The molecule has 0 bridgehead atoms. The summed E-state index contributed by atoms with van der Waals surface area (Å²) in [7, 11) is 1.67. The molecule has 0 N–H and O–H groups in total. The first kappa shape index (κ1) is 20.7. The molecular formula is C27H25ClN2O2. The van der Waals surface area contributed by atoms with Crippen LogP contribution in [0.5, 0.6) is 5.75 Å². The number of hydrogen-bond donors (Lipinski definition) is 0. The Morgan fingerprint density at radius 2 is 1.69 bits per heavy atom. The van der Waals surface area contributed by atoms with Gasteiger partial charge < -0.3 is 14.5 Å². The molecule has 0 aromatic heterocycles. The lowest BCUT2D eigenvalue weighted by molar-refractivity contribution is -0.116. The van der Waals surface area contributed by atoms with Crippen molar-refractivity contribution in [3.63, 3.8) is 0 Å². The van der Waals surface area contributed by atoms with Gasteiger partial charge in [0.15, 0.2) is 0 Å². The van der Waals surface area contributed by atoms with E-state index in [1.807, 2.05) is 47.4 Å². The zero-order chi connectivity index (χ0) is 22.2. The zero-order valence-electron chi connectivity index (χ0n) is 18.2. The molecule has 4 nitrogen and oxygen atoms in total. The Kier molecular flexibility index (Phi) is 5.40. The highest BCUT2D eigenvalue weighted by atomic mass is 35.5. The Morgan fingerprint density at radius 3 is 2.41 bits per heavy atom. The molecule has 0 aliphatic carbocycles. The van der Waals surface area contributed by atoms with Crippen molar-refractivity contribution in [3.8, 4) is 5.75 Å². The molecule has 3 aromatic carbocycles. The van der Waals surface area contributed by atoms with Crippen LogP contribution in [0.3, 0.4) is 0 Å². The third-order valence-electron chi connectivity index (χ3n) is 6.36. The summed E-state index contributed by atoms with van der Waals surface area (Å²) >= 11 is 6.13. The molecule has 2 aliphatic heterocycles. The lowest BCUT2D eigenvalue weighted by atomic mass is 9.92. The summed E-state index contributed by atoms with van der Waals surface area (Å²) in [5.74, 6) is 0.851. The summed E-state index contributed by atoms with van der Waals surface area (Å²) in [6, 6.07) is 23.9. The Bertz CT molecular complexity index is 1190. The molecule has 162 valence electrons. The molecule has 0 spiro atoms.